The van der Waals surface area contributed by atoms with Crippen molar-refractivity contribution in [3.05, 3.63) is 52.2 Å². The third-order valence-electron chi connectivity index (χ3n) is 4.82. The third-order valence-corrected chi connectivity index (χ3v) is 4.82. The van der Waals surface area contributed by atoms with Gasteiger partial charge in [-0.1, -0.05) is 19.9 Å². The molecule has 0 radical (unpaired) electrons. The van der Waals surface area contributed by atoms with E-state index < -0.39 is 5.56 Å². The van der Waals surface area contributed by atoms with Crippen molar-refractivity contribution >= 4 is 11.7 Å². The van der Waals surface area contributed by atoms with Crippen molar-refractivity contribution in [3.63, 3.8) is 0 Å². The van der Waals surface area contributed by atoms with Gasteiger partial charge in [-0.3, -0.25) is 14.3 Å². The number of aromatic nitrogens is 4. The summed E-state index contributed by atoms with van der Waals surface area (Å²) in [6.07, 6.45) is 2.52. The Morgan fingerprint density at radius 1 is 1.27 bits per heavy atom. The zero-order valence-corrected chi connectivity index (χ0v) is 16.5. The summed E-state index contributed by atoms with van der Waals surface area (Å²) in [4.78, 5) is 33.2. The molecule has 10 heteroatoms. The minimum absolute atomic E-state index is 0.102. The number of amides is 1. The molecule has 0 fully saturated rings. The van der Waals surface area contributed by atoms with Gasteiger partial charge in [-0.05, 0) is 23.6 Å². The Morgan fingerprint density at radius 2 is 2.03 bits per heavy atom. The van der Waals surface area contributed by atoms with Crippen LogP contribution in [0.1, 0.15) is 31.0 Å². The summed E-state index contributed by atoms with van der Waals surface area (Å²) in [5, 5.41) is 12.1. The zero-order chi connectivity index (χ0) is 21.3. The van der Waals surface area contributed by atoms with Crippen LogP contribution in [-0.4, -0.2) is 38.3 Å². The van der Waals surface area contributed by atoms with Gasteiger partial charge >= 0.3 is 0 Å². The molecule has 3 heterocycles. The second kappa shape index (κ2) is 7.87. The van der Waals surface area contributed by atoms with Gasteiger partial charge < -0.3 is 14.8 Å². The van der Waals surface area contributed by atoms with Crippen LogP contribution in [0.25, 0.3) is 5.78 Å². The molecule has 30 heavy (non-hydrogen) atoms. The van der Waals surface area contributed by atoms with Crippen molar-refractivity contribution in [2.45, 2.75) is 26.4 Å². The SMILES string of the molecule is CC(C)C(NC(=O)Cn1cnc2ncc(C#N)c(=O)n21)c1ccc2c(c1)OCCO2. The van der Waals surface area contributed by atoms with Crippen LogP contribution in [0.15, 0.2) is 35.5 Å². The lowest BCUT2D eigenvalue weighted by atomic mass is 9.95. The summed E-state index contributed by atoms with van der Waals surface area (Å²) in [7, 11) is 0. The summed E-state index contributed by atoms with van der Waals surface area (Å²) in [5.74, 6) is 1.26. The van der Waals surface area contributed by atoms with E-state index in [1.807, 2.05) is 32.0 Å². The number of rotatable bonds is 5. The van der Waals surface area contributed by atoms with Crippen LogP contribution in [-0.2, 0) is 11.3 Å². The standard InChI is InChI=1S/C20H20N6O4/c1-12(2)18(13-3-4-15-16(7-13)30-6-5-29-15)24-17(27)10-25-11-23-20-22-9-14(8-21)19(28)26(20)25/h3-4,7,9,11-12,18H,5-6,10H2,1-2H3,(H,24,27). The summed E-state index contributed by atoms with van der Waals surface area (Å²) in [6.45, 7) is 4.85. The number of nitriles is 1. The van der Waals surface area contributed by atoms with E-state index in [-0.39, 0.29) is 35.8 Å². The van der Waals surface area contributed by atoms with Gasteiger partial charge in [0.05, 0.1) is 12.2 Å². The Balaban J connectivity index is 1.57. The molecule has 0 spiro atoms. The topological polar surface area (TPSA) is 124 Å². The molecule has 10 nitrogen and oxygen atoms in total. The quantitative estimate of drug-likeness (QED) is 0.669. The van der Waals surface area contributed by atoms with E-state index in [1.165, 1.54) is 17.2 Å². The number of ether oxygens (including phenoxy) is 2. The van der Waals surface area contributed by atoms with Gasteiger partial charge in [0.2, 0.25) is 5.91 Å². The van der Waals surface area contributed by atoms with Crippen LogP contribution in [0.3, 0.4) is 0 Å². The van der Waals surface area contributed by atoms with Gasteiger partial charge in [-0.2, -0.15) is 14.8 Å². The fraction of sp³-hybridized carbons (Fsp3) is 0.350. The monoisotopic (exact) mass is 408 g/mol. The number of benzene rings is 1. The maximum atomic E-state index is 12.8. The zero-order valence-electron chi connectivity index (χ0n) is 16.5. The largest absolute Gasteiger partial charge is 0.486 e. The minimum Gasteiger partial charge on any atom is -0.486 e. The molecule has 4 rings (SSSR count). The first-order valence-corrected chi connectivity index (χ1v) is 9.50. The molecule has 1 aliphatic rings. The number of carbonyl (C=O) groups is 1. The minimum atomic E-state index is -0.569. The lowest BCUT2D eigenvalue weighted by Crippen LogP contribution is -2.36. The Labute approximate surface area is 171 Å². The predicted octanol–water partition coefficient (Wildman–Crippen LogP) is 1.05. The lowest BCUT2D eigenvalue weighted by molar-refractivity contribution is -0.123. The predicted molar refractivity (Wildman–Crippen MR) is 105 cm³/mol. The van der Waals surface area contributed by atoms with Gasteiger partial charge in [-0.25, -0.2) is 4.98 Å². The maximum absolute atomic E-state index is 12.8. The highest BCUT2D eigenvalue weighted by molar-refractivity contribution is 5.76. The summed E-state index contributed by atoms with van der Waals surface area (Å²) in [5.41, 5.74) is 0.203. The second-order valence-electron chi connectivity index (χ2n) is 7.24. The molecule has 154 valence electrons. The second-order valence-corrected chi connectivity index (χ2v) is 7.24. The van der Waals surface area contributed by atoms with Crippen molar-refractivity contribution < 1.29 is 14.3 Å². The Hall–Kier alpha value is -3.87. The van der Waals surface area contributed by atoms with Crippen molar-refractivity contribution in [3.8, 4) is 17.6 Å². The number of fused-ring (bicyclic) bond motifs is 2. The molecule has 1 amide bonds. The van der Waals surface area contributed by atoms with E-state index in [0.717, 1.165) is 10.1 Å². The molecule has 0 saturated carbocycles. The molecule has 0 bridgehead atoms. The van der Waals surface area contributed by atoms with Crippen molar-refractivity contribution in [1.29, 1.82) is 5.26 Å². The fourth-order valence-corrected chi connectivity index (χ4v) is 3.37. The average Bonchev–Trinajstić information content (AvgIpc) is 3.15. The van der Waals surface area contributed by atoms with Gasteiger partial charge in [-0.15, -0.1) is 0 Å². The number of hydrogen-bond donors (Lipinski definition) is 1. The molecular formula is C20H20N6O4. The van der Waals surface area contributed by atoms with E-state index in [9.17, 15) is 9.59 Å². The molecular weight excluding hydrogens is 388 g/mol. The van der Waals surface area contributed by atoms with Crippen LogP contribution >= 0.6 is 0 Å². The molecule has 0 saturated heterocycles. The van der Waals surface area contributed by atoms with Gasteiger partial charge in [0.15, 0.2) is 11.5 Å². The van der Waals surface area contributed by atoms with E-state index in [2.05, 4.69) is 15.3 Å². The maximum Gasteiger partial charge on any atom is 0.292 e. The molecule has 1 aromatic carbocycles. The number of nitrogens with one attached hydrogen (secondary N) is 1. The first-order valence-electron chi connectivity index (χ1n) is 9.50. The third kappa shape index (κ3) is 3.57. The van der Waals surface area contributed by atoms with Crippen LogP contribution in [0, 0.1) is 17.2 Å². The Morgan fingerprint density at radius 3 is 2.77 bits per heavy atom. The Kier molecular flexibility index (Phi) is 5.10. The molecule has 0 aliphatic carbocycles. The Bertz CT molecular complexity index is 1210. The smallest absolute Gasteiger partial charge is 0.292 e. The highest BCUT2D eigenvalue weighted by Gasteiger charge is 2.22. The van der Waals surface area contributed by atoms with E-state index in [0.29, 0.717) is 24.7 Å². The van der Waals surface area contributed by atoms with Crippen molar-refractivity contribution in [2.24, 2.45) is 5.92 Å². The van der Waals surface area contributed by atoms with Crippen LogP contribution in [0.4, 0.5) is 0 Å². The first kappa shape index (κ1) is 19.4. The first-order chi connectivity index (χ1) is 14.5. The average molecular weight is 408 g/mol. The van der Waals surface area contributed by atoms with Gasteiger partial charge in [0.1, 0.15) is 37.7 Å². The summed E-state index contributed by atoms with van der Waals surface area (Å²) < 4.78 is 13.7. The van der Waals surface area contributed by atoms with Crippen molar-refractivity contribution in [2.75, 3.05) is 13.2 Å². The fourth-order valence-electron chi connectivity index (χ4n) is 3.37. The van der Waals surface area contributed by atoms with Crippen LogP contribution in [0.2, 0.25) is 0 Å². The van der Waals surface area contributed by atoms with Crippen LogP contribution < -0.4 is 20.3 Å². The molecule has 3 aromatic rings. The number of carbonyl (C=O) groups excluding carboxylic acids is 1. The van der Waals surface area contributed by atoms with E-state index >= 15 is 0 Å². The summed E-state index contributed by atoms with van der Waals surface area (Å²) in [6, 6.07) is 7.13. The molecule has 2 aromatic heterocycles. The highest BCUT2D eigenvalue weighted by atomic mass is 16.6. The van der Waals surface area contributed by atoms with Crippen molar-refractivity contribution in [1.82, 2.24) is 24.5 Å². The lowest BCUT2D eigenvalue weighted by Gasteiger charge is -2.25. The highest BCUT2D eigenvalue weighted by Crippen LogP contribution is 2.34. The van der Waals surface area contributed by atoms with Gasteiger partial charge in [0, 0.05) is 0 Å². The molecule has 1 unspecified atom stereocenters. The number of nitrogens with zero attached hydrogens (tertiary/aromatic N) is 5. The van der Waals surface area contributed by atoms with E-state index in [1.54, 1.807) is 6.07 Å². The van der Waals surface area contributed by atoms with E-state index in [4.69, 9.17) is 14.7 Å². The molecule has 1 N–H and O–H groups in total. The number of hydrogen-bond acceptors (Lipinski definition) is 7. The van der Waals surface area contributed by atoms with Crippen LogP contribution in [0.5, 0.6) is 11.5 Å². The molecule has 1 atom stereocenters. The normalized spacial score (nSPS) is 13.8. The van der Waals surface area contributed by atoms with Gasteiger partial charge in [0.25, 0.3) is 11.3 Å². The molecule has 1 aliphatic heterocycles. The summed E-state index contributed by atoms with van der Waals surface area (Å²) >= 11 is 0.